The van der Waals surface area contributed by atoms with E-state index in [9.17, 15) is 4.79 Å². The van der Waals surface area contributed by atoms with Crippen LogP contribution in [0.25, 0.3) is 0 Å². The van der Waals surface area contributed by atoms with Crippen molar-refractivity contribution in [3.63, 3.8) is 0 Å². The van der Waals surface area contributed by atoms with Gasteiger partial charge in [0.05, 0.1) is 10.6 Å². The third-order valence-electron chi connectivity index (χ3n) is 3.25. The molecule has 1 aromatic rings. The molecule has 1 aromatic heterocycles. The number of nitrogens with zero attached hydrogens (tertiary/aromatic N) is 1. The van der Waals surface area contributed by atoms with Crippen LogP contribution in [0.5, 0.6) is 0 Å². The second-order valence-electron chi connectivity index (χ2n) is 4.28. The average molecular weight is 254 g/mol. The number of aromatic nitrogens is 1. The molecule has 5 heteroatoms. The standard InChI is InChI=1S/C12H16ClN3O/c1-2-12(6-3-7-15-12)11(17)16-10-5-4-9(13)8-14-10/h4-5,8,15H,2-3,6-7H2,1H3,(H,14,16,17). The van der Waals surface area contributed by atoms with Crippen molar-refractivity contribution in [2.24, 2.45) is 0 Å². The molecule has 0 radical (unpaired) electrons. The number of nitrogens with one attached hydrogen (secondary N) is 2. The van der Waals surface area contributed by atoms with E-state index >= 15 is 0 Å². The molecular formula is C12H16ClN3O. The van der Waals surface area contributed by atoms with Gasteiger partial charge in [0.15, 0.2) is 0 Å². The van der Waals surface area contributed by atoms with Gasteiger partial charge in [-0.3, -0.25) is 4.79 Å². The molecule has 0 aromatic carbocycles. The van der Waals surface area contributed by atoms with E-state index in [-0.39, 0.29) is 5.91 Å². The fourth-order valence-electron chi connectivity index (χ4n) is 2.15. The van der Waals surface area contributed by atoms with Gasteiger partial charge in [-0.2, -0.15) is 0 Å². The molecule has 1 atom stereocenters. The van der Waals surface area contributed by atoms with Crippen molar-refractivity contribution < 1.29 is 4.79 Å². The maximum atomic E-state index is 12.2. The Labute approximate surface area is 106 Å². The molecule has 2 heterocycles. The van der Waals surface area contributed by atoms with Gasteiger partial charge < -0.3 is 10.6 Å². The maximum absolute atomic E-state index is 12.2. The summed E-state index contributed by atoms with van der Waals surface area (Å²) in [6.07, 6.45) is 4.22. The van der Waals surface area contributed by atoms with Crippen LogP contribution in [-0.2, 0) is 4.79 Å². The molecule has 1 saturated heterocycles. The molecule has 4 nitrogen and oxygen atoms in total. The Morgan fingerprint density at radius 2 is 2.47 bits per heavy atom. The molecule has 0 bridgehead atoms. The highest BCUT2D eigenvalue weighted by atomic mass is 35.5. The lowest BCUT2D eigenvalue weighted by molar-refractivity contribution is -0.122. The summed E-state index contributed by atoms with van der Waals surface area (Å²) in [4.78, 5) is 16.3. The Morgan fingerprint density at radius 3 is 3.00 bits per heavy atom. The van der Waals surface area contributed by atoms with Crippen molar-refractivity contribution in [1.82, 2.24) is 10.3 Å². The van der Waals surface area contributed by atoms with E-state index < -0.39 is 5.54 Å². The van der Waals surface area contributed by atoms with Crippen molar-refractivity contribution in [2.45, 2.75) is 31.7 Å². The Balaban J connectivity index is 2.08. The summed E-state index contributed by atoms with van der Waals surface area (Å²) in [5, 5.41) is 6.68. The first-order valence-corrected chi connectivity index (χ1v) is 6.22. The van der Waals surface area contributed by atoms with Gasteiger partial charge >= 0.3 is 0 Å². The smallest absolute Gasteiger partial charge is 0.245 e. The molecule has 0 saturated carbocycles. The molecule has 1 aliphatic rings. The summed E-state index contributed by atoms with van der Waals surface area (Å²) in [6.45, 7) is 2.92. The summed E-state index contributed by atoms with van der Waals surface area (Å²) in [5.41, 5.74) is -0.429. The Morgan fingerprint density at radius 1 is 1.65 bits per heavy atom. The van der Waals surface area contributed by atoms with Crippen LogP contribution in [0.15, 0.2) is 18.3 Å². The zero-order valence-corrected chi connectivity index (χ0v) is 10.5. The largest absolute Gasteiger partial charge is 0.309 e. The fourth-order valence-corrected chi connectivity index (χ4v) is 2.26. The van der Waals surface area contributed by atoms with E-state index in [0.29, 0.717) is 10.8 Å². The Bertz CT molecular complexity index is 399. The minimum atomic E-state index is -0.429. The molecule has 2 rings (SSSR count). The van der Waals surface area contributed by atoms with Gasteiger partial charge in [-0.15, -0.1) is 0 Å². The van der Waals surface area contributed by atoms with Gasteiger partial charge in [0.2, 0.25) is 5.91 Å². The first kappa shape index (κ1) is 12.3. The number of hydrogen-bond acceptors (Lipinski definition) is 3. The van der Waals surface area contributed by atoms with E-state index in [1.165, 1.54) is 6.20 Å². The normalized spacial score (nSPS) is 23.6. The predicted molar refractivity (Wildman–Crippen MR) is 68.1 cm³/mol. The molecular weight excluding hydrogens is 238 g/mol. The summed E-state index contributed by atoms with van der Waals surface area (Å²) in [5.74, 6) is 0.535. The Hall–Kier alpha value is -1.13. The van der Waals surface area contributed by atoms with Crippen molar-refractivity contribution in [3.05, 3.63) is 23.4 Å². The lowest BCUT2D eigenvalue weighted by atomic mass is 9.93. The molecule has 1 amide bonds. The van der Waals surface area contributed by atoms with Crippen molar-refractivity contribution >= 4 is 23.3 Å². The van der Waals surface area contributed by atoms with E-state index in [1.807, 2.05) is 6.92 Å². The molecule has 92 valence electrons. The predicted octanol–water partition coefficient (Wildman–Crippen LogP) is 2.21. The summed E-state index contributed by atoms with van der Waals surface area (Å²) >= 11 is 5.74. The van der Waals surface area contributed by atoms with E-state index in [4.69, 9.17) is 11.6 Å². The van der Waals surface area contributed by atoms with Crippen LogP contribution in [0.3, 0.4) is 0 Å². The summed E-state index contributed by atoms with van der Waals surface area (Å²) in [6, 6.07) is 3.42. The van der Waals surface area contributed by atoms with Crippen LogP contribution >= 0.6 is 11.6 Å². The molecule has 0 spiro atoms. The first-order chi connectivity index (χ1) is 8.16. The second kappa shape index (κ2) is 5.02. The molecule has 0 aliphatic carbocycles. The van der Waals surface area contributed by atoms with Gasteiger partial charge in [-0.05, 0) is 37.9 Å². The Kier molecular flexibility index (Phi) is 3.64. The first-order valence-electron chi connectivity index (χ1n) is 5.84. The van der Waals surface area contributed by atoms with Crippen LogP contribution < -0.4 is 10.6 Å². The molecule has 2 N–H and O–H groups in total. The second-order valence-corrected chi connectivity index (χ2v) is 4.72. The number of hydrogen-bond donors (Lipinski definition) is 2. The number of pyridine rings is 1. The zero-order valence-electron chi connectivity index (χ0n) is 9.79. The van der Waals surface area contributed by atoms with Gasteiger partial charge in [0, 0.05) is 6.20 Å². The van der Waals surface area contributed by atoms with Crippen molar-refractivity contribution in [2.75, 3.05) is 11.9 Å². The zero-order chi connectivity index (χ0) is 12.3. The highest BCUT2D eigenvalue weighted by Gasteiger charge is 2.39. The lowest BCUT2D eigenvalue weighted by Crippen LogP contribution is -2.50. The van der Waals surface area contributed by atoms with Crippen molar-refractivity contribution in [3.8, 4) is 0 Å². The van der Waals surface area contributed by atoms with Gasteiger partial charge in [-0.25, -0.2) is 4.98 Å². The summed E-state index contributed by atoms with van der Waals surface area (Å²) < 4.78 is 0. The molecule has 17 heavy (non-hydrogen) atoms. The van der Waals surface area contributed by atoms with Crippen molar-refractivity contribution in [1.29, 1.82) is 0 Å². The number of anilines is 1. The SMILES string of the molecule is CCC1(C(=O)Nc2ccc(Cl)cn2)CCCN1. The topological polar surface area (TPSA) is 54.0 Å². The van der Waals surface area contributed by atoms with E-state index in [2.05, 4.69) is 15.6 Å². The number of halogens is 1. The maximum Gasteiger partial charge on any atom is 0.245 e. The number of rotatable bonds is 3. The van der Waals surface area contributed by atoms with Gasteiger partial charge in [0.1, 0.15) is 5.82 Å². The van der Waals surface area contributed by atoms with Crippen LogP contribution in [0.1, 0.15) is 26.2 Å². The minimum absolute atomic E-state index is 0.00711. The number of carbonyl (C=O) groups excluding carboxylic acids is 1. The molecule has 1 unspecified atom stereocenters. The molecule has 1 aliphatic heterocycles. The number of amides is 1. The molecule has 1 fully saturated rings. The minimum Gasteiger partial charge on any atom is -0.309 e. The highest BCUT2D eigenvalue weighted by molar-refractivity contribution is 6.30. The van der Waals surface area contributed by atoms with Crippen LogP contribution in [0.2, 0.25) is 5.02 Å². The highest BCUT2D eigenvalue weighted by Crippen LogP contribution is 2.24. The average Bonchev–Trinajstić information content (AvgIpc) is 2.82. The third kappa shape index (κ3) is 2.58. The third-order valence-corrected chi connectivity index (χ3v) is 3.47. The quantitative estimate of drug-likeness (QED) is 0.868. The van der Waals surface area contributed by atoms with Gasteiger partial charge in [0.25, 0.3) is 0 Å². The van der Waals surface area contributed by atoms with Gasteiger partial charge in [-0.1, -0.05) is 18.5 Å². The summed E-state index contributed by atoms with van der Waals surface area (Å²) in [7, 11) is 0. The van der Waals surface area contributed by atoms with E-state index in [0.717, 1.165) is 25.8 Å². The lowest BCUT2D eigenvalue weighted by Gasteiger charge is -2.26. The van der Waals surface area contributed by atoms with Crippen LogP contribution in [-0.4, -0.2) is 23.0 Å². The fraction of sp³-hybridized carbons (Fsp3) is 0.500. The number of carbonyl (C=O) groups is 1. The van der Waals surface area contributed by atoms with E-state index in [1.54, 1.807) is 12.1 Å². The van der Waals surface area contributed by atoms with Crippen LogP contribution in [0.4, 0.5) is 5.82 Å². The monoisotopic (exact) mass is 253 g/mol. The van der Waals surface area contributed by atoms with Crippen LogP contribution in [0, 0.1) is 0 Å².